The van der Waals surface area contributed by atoms with Crippen molar-refractivity contribution in [3.05, 3.63) is 41.8 Å². The summed E-state index contributed by atoms with van der Waals surface area (Å²) in [5.41, 5.74) is -0.357. The van der Waals surface area contributed by atoms with E-state index < -0.39 is 11.4 Å². The van der Waals surface area contributed by atoms with E-state index in [1.54, 1.807) is 38.2 Å². The molecule has 1 heterocycles. The number of amides is 2. The molecule has 3 rings (SSSR count). The van der Waals surface area contributed by atoms with E-state index in [-0.39, 0.29) is 24.5 Å². The number of thiazole rings is 1. The van der Waals surface area contributed by atoms with Crippen LogP contribution in [-0.2, 0) is 16.1 Å². The lowest BCUT2D eigenvalue weighted by Gasteiger charge is -2.36. The molecule has 2 aromatic rings. The molecule has 1 aromatic heterocycles. The summed E-state index contributed by atoms with van der Waals surface area (Å²) in [6.07, 6.45) is 5.67. The minimum absolute atomic E-state index is 0.119. The van der Waals surface area contributed by atoms with Gasteiger partial charge in [-0.2, -0.15) is 0 Å². The lowest BCUT2D eigenvalue weighted by atomic mass is 9.86. The van der Waals surface area contributed by atoms with Crippen LogP contribution in [0, 0.1) is 17.2 Å². The number of nitrogens with zero attached hydrogens (tertiary/aromatic N) is 2. The van der Waals surface area contributed by atoms with Crippen LogP contribution in [0.25, 0.3) is 0 Å². The summed E-state index contributed by atoms with van der Waals surface area (Å²) in [7, 11) is 0. The van der Waals surface area contributed by atoms with Crippen LogP contribution in [0.2, 0.25) is 0 Å². The van der Waals surface area contributed by atoms with E-state index in [0.717, 1.165) is 29.9 Å². The van der Waals surface area contributed by atoms with Gasteiger partial charge in [0, 0.05) is 23.9 Å². The molecule has 35 heavy (non-hydrogen) atoms. The molecule has 192 valence electrons. The quantitative estimate of drug-likeness (QED) is 0.273. The number of ether oxygens (including phenoxy) is 1. The lowest BCUT2D eigenvalue weighted by molar-refractivity contribution is -0.145. The number of benzene rings is 1. The Bertz CT molecular complexity index is 993. The van der Waals surface area contributed by atoms with Crippen LogP contribution < -0.4 is 5.32 Å². The molecular weight excluding hydrogens is 489 g/mol. The normalized spacial score (nSPS) is 18.3. The number of rotatable bonds is 11. The largest absolute Gasteiger partial charge is 0.481 e. The second kappa shape index (κ2) is 12.7. The van der Waals surface area contributed by atoms with Crippen LogP contribution in [-0.4, -0.2) is 51.9 Å². The first kappa shape index (κ1) is 27.4. The van der Waals surface area contributed by atoms with E-state index in [2.05, 4.69) is 17.2 Å². The van der Waals surface area contributed by atoms with Gasteiger partial charge in [-0.05, 0) is 51.5 Å². The Kier molecular flexibility index (Phi) is 9.94. The highest BCUT2D eigenvalue weighted by atomic mass is 32.2. The Hall–Kier alpha value is -2.17. The molecule has 1 aromatic carbocycles. The summed E-state index contributed by atoms with van der Waals surface area (Å²) in [5.74, 6) is -0.0868. The van der Waals surface area contributed by atoms with Gasteiger partial charge in [-0.3, -0.25) is 10.1 Å². The SMILES string of the molecule is CC1CCC(N(CCOCc2ccccc2F)C(=O)Nc2ncc(SCC(C)(C)C(=O)O)s2)CC1. The van der Waals surface area contributed by atoms with Crippen LogP contribution in [0.15, 0.2) is 34.7 Å². The number of carboxylic acid groups (broad SMARTS) is 1. The van der Waals surface area contributed by atoms with Crippen molar-refractivity contribution in [2.75, 3.05) is 24.2 Å². The maximum atomic E-state index is 13.8. The zero-order chi connectivity index (χ0) is 25.4. The molecule has 0 bridgehead atoms. The van der Waals surface area contributed by atoms with Crippen molar-refractivity contribution in [3.63, 3.8) is 0 Å². The molecule has 0 aliphatic heterocycles. The number of anilines is 1. The van der Waals surface area contributed by atoms with Gasteiger partial charge in [0.25, 0.3) is 0 Å². The number of aliphatic carboxylic acids is 1. The third-order valence-electron chi connectivity index (χ3n) is 6.23. The molecule has 1 aliphatic carbocycles. The van der Waals surface area contributed by atoms with Crippen LogP contribution >= 0.6 is 23.1 Å². The number of carboxylic acids is 1. The predicted octanol–water partition coefficient (Wildman–Crippen LogP) is 6.11. The Balaban J connectivity index is 1.57. The number of nitrogens with one attached hydrogen (secondary N) is 1. The van der Waals surface area contributed by atoms with Gasteiger partial charge < -0.3 is 14.7 Å². The van der Waals surface area contributed by atoms with E-state index in [9.17, 15) is 19.1 Å². The van der Waals surface area contributed by atoms with E-state index in [1.807, 2.05) is 4.90 Å². The fraction of sp³-hybridized carbons (Fsp3) is 0.560. The minimum atomic E-state index is -0.852. The summed E-state index contributed by atoms with van der Waals surface area (Å²) in [5, 5.41) is 12.7. The third kappa shape index (κ3) is 8.18. The highest BCUT2D eigenvalue weighted by Crippen LogP contribution is 2.34. The van der Waals surface area contributed by atoms with E-state index in [1.165, 1.54) is 29.2 Å². The van der Waals surface area contributed by atoms with Gasteiger partial charge in [-0.25, -0.2) is 14.2 Å². The van der Waals surface area contributed by atoms with Crippen LogP contribution in [0.5, 0.6) is 0 Å². The van der Waals surface area contributed by atoms with E-state index in [4.69, 9.17) is 4.74 Å². The number of thioether (sulfide) groups is 1. The highest BCUT2D eigenvalue weighted by Gasteiger charge is 2.29. The van der Waals surface area contributed by atoms with Crippen molar-refractivity contribution in [1.29, 1.82) is 0 Å². The Morgan fingerprint density at radius 3 is 2.69 bits per heavy atom. The van der Waals surface area contributed by atoms with Gasteiger partial charge in [-0.1, -0.05) is 36.5 Å². The zero-order valence-electron chi connectivity index (χ0n) is 20.5. The minimum Gasteiger partial charge on any atom is -0.481 e. The molecule has 10 heteroatoms. The molecular formula is C25H34FN3O4S2. The second-order valence-corrected chi connectivity index (χ2v) is 11.9. The molecule has 2 N–H and O–H groups in total. The molecule has 2 amide bonds. The van der Waals surface area contributed by atoms with Crippen LogP contribution in [0.3, 0.4) is 0 Å². The lowest BCUT2D eigenvalue weighted by Crippen LogP contribution is -2.46. The van der Waals surface area contributed by atoms with Crippen molar-refractivity contribution in [1.82, 2.24) is 9.88 Å². The first-order valence-electron chi connectivity index (χ1n) is 11.9. The topological polar surface area (TPSA) is 91.8 Å². The van der Waals surface area contributed by atoms with E-state index in [0.29, 0.717) is 35.5 Å². The molecule has 0 spiro atoms. The van der Waals surface area contributed by atoms with Gasteiger partial charge in [0.15, 0.2) is 5.13 Å². The van der Waals surface area contributed by atoms with Gasteiger partial charge in [-0.15, -0.1) is 11.8 Å². The molecule has 0 radical (unpaired) electrons. The van der Waals surface area contributed by atoms with Gasteiger partial charge in [0.2, 0.25) is 0 Å². The fourth-order valence-corrected chi connectivity index (χ4v) is 5.77. The van der Waals surface area contributed by atoms with Crippen molar-refractivity contribution in [3.8, 4) is 0 Å². The van der Waals surface area contributed by atoms with Crippen molar-refractivity contribution in [2.45, 2.75) is 63.3 Å². The summed E-state index contributed by atoms with van der Waals surface area (Å²) in [6, 6.07) is 6.41. The molecule has 1 saturated carbocycles. The predicted molar refractivity (Wildman–Crippen MR) is 137 cm³/mol. The summed E-state index contributed by atoms with van der Waals surface area (Å²) >= 11 is 2.75. The number of urea groups is 1. The number of carbonyl (C=O) groups is 2. The highest BCUT2D eigenvalue weighted by molar-refractivity contribution is 8.01. The Morgan fingerprint density at radius 2 is 2.00 bits per heavy atom. The molecule has 0 saturated heterocycles. The molecule has 1 aliphatic rings. The second-order valence-electron chi connectivity index (χ2n) is 9.64. The third-order valence-corrected chi connectivity index (χ3v) is 8.80. The number of hydrogen-bond acceptors (Lipinski definition) is 6. The smallest absolute Gasteiger partial charge is 0.323 e. The Labute approximate surface area is 214 Å². The first-order valence-corrected chi connectivity index (χ1v) is 13.7. The average molecular weight is 524 g/mol. The van der Waals surface area contributed by atoms with E-state index >= 15 is 0 Å². The summed E-state index contributed by atoms with van der Waals surface area (Å²) in [4.78, 5) is 30.7. The number of hydrogen-bond donors (Lipinski definition) is 2. The van der Waals surface area contributed by atoms with Crippen molar-refractivity contribution >= 4 is 40.2 Å². The van der Waals surface area contributed by atoms with Crippen molar-refractivity contribution in [2.24, 2.45) is 11.3 Å². The zero-order valence-corrected chi connectivity index (χ0v) is 22.1. The van der Waals surface area contributed by atoms with Gasteiger partial charge in [0.05, 0.1) is 29.0 Å². The monoisotopic (exact) mass is 523 g/mol. The van der Waals surface area contributed by atoms with Gasteiger partial charge >= 0.3 is 12.0 Å². The van der Waals surface area contributed by atoms with Crippen LogP contribution in [0.4, 0.5) is 14.3 Å². The fourth-order valence-electron chi connectivity index (χ4n) is 3.82. The maximum absolute atomic E-state index is 13.8. The summed E-state index contributed by atoms with van der Waals surface area (Å²) in [6.45, 7) is 6.46. The number of aromatic nitrogens is 1. The Morgan fingerprint density at radius 1 is 1.29 bits per heavy atom. The maximum Gasteiger partial charge on any atom is 0.323 e. The first-order chi connectivity index (χ1) is 16.7. The molecule has 7 nitrogen and oxygen atoms in total. The standard InChI is InChI=1S/C25H34FN3O4S2/c1-17-8-10-19(11-9-17)29(12-13-33-15-18-6-4-5-7-20(18)26)24(32)28-23-27-14-21(35-23)34-16-25(2,3)22(30)31/h4-7,14,17,19H,8-13,15-16H2,1-3H3,(H,30,31)(H,27,28,32). The van der Waals surface area contributed by atoms with Gasteiger partial charge in [0.1, 0.15) is 5.82 Å². The molecule has 0 unspecified atom stereocenters. The molecule has 1 fully saturated rings. The molecule has 0 atom stereocenters. The summed E-state index contributed by atoms with van der Waals surface area (Å²) < 4.78 is 20.4. The average Bonchev–Trinajstić information content (AvgIpc) is 3.27. The number of halogens is 1. The van der Waals surface area contributed by atoms with Crippen molar-refractivity contribution < 1.29 is 23.8 Å². The van der Waals surface area contributed by atoms with Crippen LogP contribution in [0.1, 0.15) is 52.0 Å². The number of carbonyl (C=O) groups excluding carboxylic acids is 1.